The number of hydrogen-bond donors (Lipinski definition) is 3. The molecule has 3 rings (SSSR count). The van der Waals surface area contributed by atoms with E-state index in [0.29, 0.717) is 6.42 Å². The Bertz CT molecular complexity index is 404. The Hall–Kier alpha value is -1.20. The maximum absolute atomic E-state index is 11.0. The zero-order valence-corrected chi connectivity index (χ0v) is 8.76. The van der Waals surface area contributed by atoms with Crippen molar-refractivity contribution in [2.24, 2.45) is 10.9 Å². The molecule has 4 unspecified atom stereocenters. The van der Waals surface area contributed by atoms with Gasteiger partial charge in [0.2, 0.25) is 0 Å². The maximum atomic E-state index is 11.0. The van der Waals surface area contributed by atoms with E-state index in [9.17, 15) is 9.90 Å². The van der Waals surface area contributed by atoms with Crippen molar-refractivity contribution in [3.63, 3.8) is 0 Å². The average molecular weight is 222 g/mol. The van der Waals surface area contributed by atoms with Crippen LogP contribution in [0.15, 0.2) is 16.8 Å². The molecule has 0 aromatic carbocycles. The molecule has 2 aliphatic heterocycles. The minimum Gasteiger partial charge on any atom is -0.480 e. The summed E-state index contributed by atoms with van der Waals surface area (Å²) < 4.78 is 0. The molecular formula is C11H14N2O3. The summed E-state index contributed by atoms with van der Waals surface area (Å²) in [6, 6.07) is -0.806. The molecule has 0 saturated carbocycles. The fourth-order valence-corrected chi connectivity index (χ4v) is 3.05. The molecule has 0 spiro atoms. The minimum atomic E-state index is -0.912. The second-order valence-corrected chi connectivity index (χ2v) is 4.83. The van der Waals surface area contributed by atoms with Crippen LogP contribution in [0.25, 0.3) is 0 Å². The van der Waals surface area contributed by atoms with Gasteiger partial charge in [-0.1, -0.05) is 6.08 Å². The summed E-state index contributed by atoms with van der Waals surface area (Å²) >= 11 is 0. The molecule has 86 valence electrons. The van der Waals surface area contributed by atoms with Crippen LogP contribution in [0.3, 0.4) is 0 Å². The van der Waals surface area contributed by atoms with Gasteiger partial charge in [-0.15, -0.1) is 0 Å². The van der Waals surface area contributed by atoms with Crippen molar-refractivity contribution in [3.8, 4) is 0 Å². The first-order valence-corrected chi connectivity index (χ1v) is 5.54. The van der Waals surface area contributed by atoms with E-state index < -0.39 is 17.6 Å². The highest BCUT2D eigenvalue weighted by Gasteiger charge is 2.53. The number of aliphatic imine (C=N–C) groups is 1. The van der Waals surface area contributed by atoms with Crippen molar-refractivity contribution in [1.29, 1.82) is 0 Å². The quantitative estimate of drug-likeness (QED) is 0.579. The van der Waals surface area contributed by atoms with Gasteiger partial charge in [0.05, 0.1) is 5.60 Å². The van der Waals surface area contributed by atoms with Crippen LogP contribution in [0.5, 0.6) is 0 Å². The Kier molecular flexibility index (Phi) is 1.96. The highest BCUT2D eigenvalue weighted by Crippen LogP contribution is 2.43. The van der Waals surface area contributed by atoms with E-state index in [4.69, 9.17) is 5.11 Å². The molecule has 1 fully saturated rings. The molecule has 2 heterocycles. The van der Waals surface area contributed by atoms with Gasteiger partial charge in [-0.25, -0.2) is 0 Å². The van der Waals surface area contributed by atoms with E-state index in [1.165, 1.54) is 0 Å². The maximum Gasteiger partial charge on any atom is 0.320 e. The molecule has 0 aromatic rings. The number of carboxylic acids is 1. The zero-order valence-electron chi connectivity index (χ0n) is 8.76. The number of aliphatic carboxylic acids is 1. The van der Waals surface area contributed by atoms with Crippen LogP contribution in [-0.2, 0) is 4.79 Å². The molecule has 5 nitrogen and oxygen atoms in total. The van der Waals surface area contributed by atoms with Crippen LogP contribution in [0, 0.1) is 5.92 Å². The normalized spacial score (nSPS) is 45.1. The minimum absolute atomic E-state index is 0.142. The lowest BCUT2D eigenvalue weighted by molar-refractivity contribution is -0.139. The summed E-state index contributed by atoms with van der Waals surface area (Å²) in [5, 5.41) is 22.5. The van der Waals surface area contributed by atoms with Crippen molar-refractivity contribution in [3.05, 3.63) is 11.8 Å². The lowest BCUT2D eigenvalue weighted by Gasteiger charge is -2.36. The van der Waals surface area contributed by atoms with Crippen LogP contribution in [0.4, 0.5) is 0 Å². The van der Waals surface area contributed by atoms with Crippen LogP contribution in [0.1, 0.15) is 19.3 Å². The number of aliphatic hydroxyl groups is 1. The van der Waals surface area contributed by atoms with Crippen molar-refractivity contribution in [2.45, 2.75) is 36.9 Å². The second-order valence-electron chi connectivity index (χ2n) is 4.83. The van der Waals surface area contributed by atoms with Crippen molar-refractivity contribution >= 4 is 12.2 Å². The number of carboxylic acid groups (broad SMARTS) is 1. The third-order valence-electron chi connectivity index (χ3n) is 3.86. The van der Waals surface area contributed by atoms with Crippen molar-refractivity contribution < 1.29 is 15.0 Å². The lowest BCUT2D eigenvalue weighted by Crippen LogP contribution is -2.50. The van der Waals surface area contributed by atoms with E-state index in [2.05, 4.69) is 10.3 Å². The number of carbonyl (C=O) groups is 1. The zero-order chi connectivity index (χ0) is 11.3. The van der Waals surface area contributed by atoms with Crippen LogP contribution in [0.2, 0.25) is 0 Å². The molecule has 0 radical (unpaired) electrons. The number of hydrogen-bond acceptors (Lipinski definition) is 4. The molecule has 3 N–H and O–H groups in total. The van der Waals surface area contributed by atoms with Gasteiger partial charge in [-0.2, -0.15) is 0 Å². The molecule has 0 amide bonds. The Labute approximate surface area is 92.9 Å². The Balaban J connectivity index is 1.90. The largest absolute Gasteiger partial charge is 0.480 e. The van der Waals surface area contributed by atoms with E-state index in [1.807, 2.05) is 12.3 Å². The van der Waals surface area contributed by atoms with Gasteiger partial charge in [0.1, 0.15) is 6.04 Å². The van der Waals surface area contributed by atoms with Gasteiger partial charge in [-0.3, -0.25) is 15.1 Å². The standard InChI is InChI=1S/C11H14N2O3/c14-10(15)8-5-11(16)3-1-7-6(2-4-12-7)9(11)13-8/h1,4,6,8-9,13,16H,2-3,5H2,(H,14,15). The monoisotopic (exact) mass is 222 g/mol. The number of fused-ring (bicyclic) bond motifs is 3. The van der Waals surface area contributed by atoms with Gasteiger partial charge >= 0.3 is 5.97 Å². The van der Waals surface area contributed by atoms with Crippen LogP contribution < -0.4 is 5.32 Å². The van der Waals surface area contributed by atoms with Gasteiger partial charge in [-0.05, 0) is 12.8 Å². The van der Waals surface area contributed by atoms with E-state index in [0.717, 1.165) is 12.1 Å². The number of rotatable bonds is 1. The van der Waals surface area contributed by atoms with Crippen LogP contribution in [-0.4, -0.2) is 40.1 Å². The molecule has 3 aliphatic rings. The fraction of sp³-hybridized carbons (Fsp3) is 0.636. The van der Waals surface area contributed by atoms with Gasteiger partial charge in [0.25, 0.3) is 0 Å². The van der Waals surface area contributed by atoms with Gasteiger partial charge < -0.3 is 10.2 Å². The number of nitrogens with zero attached hydrogens (tertiary/aromatic N) is 1. The van der Waals surface area contributed by atoms with E-state index >= 15 is 0 Å². The predicted molar refractivity (Wildman–Crippen MR) is 57.2 cm³/mol. The van der Waals surface area contributed by atoms with Crippen LogP contribution >= 0.6 is 0 Å². The molecule has 5 heteroatoms. The summed E-state index contributed by atoms with van der Waals surface area (Å²) in [4.78, 5) is 15.2. The average Bonchev–Trinajstić information content (AvgIpc) is 2.79. The Morgan fingerprint density at radius 1 is 1.62 bits per heavy atom. The fourth-order valence-electron chi connectivity index (χ4n) is 3.05. The highest BCUT2D eigenvalue weighted by molar-refractivity contribution is 5.74. The smallest absolute Gasteiger partial charge is 0.320 e. The third kappa shape index (κ3) is 1.25. The molecule has 0 bridgehead atoms. The molecule has 4 atom stereocenters. The lowest BCUT2D eigenvalue weighted by atomic mass is 9.76. The predicted octanol–water partition coefficient (Wildman–Crippen LogP) is -0.0891. The highest BCUT2D eigenvalue weighted by atomic mass is 16.4. The molecule has 1 aliphatic carbocycles. The Morgan fingerprint density at radius 3 is 3.19 bits per heavy atom. The van der Waals surface area contributed by atoms with Crippen molar-refractivity contribution in [1.82, 2.24) is 5.32 Å². The second kappa shape index (κ2) is 3.15. The topological polar surface area (TPSA) is 81.9 Å². The first-order chi connectivity index (χ1) is 7.60. The SMILES string of the molecule is O=C(O)C1CC2(O)CC=C3N=CCC3C2N1. The van der Waals surface area contributed by atoms with Gasteiger partial charge in [0, 0.05) is 30.3 Å². The van der Waals surface area contributed by atoms with Gasteiger partial charge in [0.15, 0.2) is 0 Å². The first kappa shape index (κ1) is 9.99. The van der Waals surface area contributed by atoms with Crippen molar-refractivity contribution in [2.75, 3.05) is 0 Å². The molecule has 16 heavy (non-hydrogen) atoms. The summed E-state index contributed by atoms with van der Waals surface area (Å²) in [6.45, 7) is 0. The Morgan fingerprint density at radius 2 is 2.44 bits per heavy atom. The molecule has 0 aromatic heterocycles. The first-order valence-electron chi connectivity index (χ1n) is 5.54. The summed E-state index contributed by atoms with van der Waals surface area (Å²) in [7, 11) is 0. The van der Waals surface area contributed by atoms with E-state index in [1.54, 1.807) is 0 Å². The molecular weight excluding hydrogens is 208 g/mol. The summed E-state index contributed by atoms with van der Waals surface area (Å²) in [5.41, 5.74) is 0.0819. The molecule has 1 saturated heterocycles. The van der Waals surface area contributed by atoms with E-state index in [-0.39, 0.29) is 18.4 Å². The third-order valence-corrected chi connectivity index (χ3v) is 3.86. The number of nitrogens with one attached hydrogen (secondary N) is 1. The summed E-state index contributed by atoms with van der Waals surface area (Å²) in [5.74, 6) is -0.744. The summed E-state index contributed by atoms with van der Waals surface area (Å²) in [6.07, 6.45) is 5.36.